The summed E-state index contributed by atoms with van der Waals surface area (Å²) in [5.41, 5.74) is 3.92. The molecule has 2 unspecified atom stereocenters. The fraction of sp³-hybridized carbons (Fsp3) is 0.269. The molecule has 3 N–H and O–H groups in total. The molecule has 4 aromatic rings. The van der Waals surface area contributed by atoms with Crippen molar-refractivity contribution in [3.05, 3.63) is 99.6 Å². The second-order valence-corrected chi connectivity index (χ2v) is 8.62. The van der Waals surface area contributed by atoms with Crippen LogP contribution in [0.25, 0.3) is 10.9 Å². The molecule has 0 saturated carbocycles. The van der Waals surface area contributed by atoms with Crippen LogP contribution in [0.15, 0.2) is 71.7 Å². The Bertz CT molecular complexity index is 1330. The number of rotatable bonds is 7. The molecule has 2 atom stereocenters. The van der Waals surface area contributed by atoms with Gasteiger partial charge in [0.15, 0.2) is 6.23 Å². The van der Waals surface area contributed by atoms with E-state index in [0.29, 0.717) is 12.3 Å². The molecule has 8 heteroatoms. The van der Waals surface area contributed by atoms with Gasteiger partial charge in [0.2, 0.25) is 5.56 Å². The second kappa shape index (κ2) is 9.62. The number of benzene rings is 2. The first-order valence-corrected chi connectivity index (χ1v) is 11.4. The maximum absolute atomic E-state index is 13.0. The Balaban J connectivity index is 1.42. The number of fused-ring (bicyclic) bond motifs is 1. The Morgan fingerprint density at radius 2 is 2.06 bits per heavy atom. The molecule has 1 fully saturated rings. The molecule has 0 bridgehead atoms. The minimum Gasteiger partial charge on any atom is -0.339 e. The van der Waals surface area contributed by atoms with Gasteiger partial charge in [0.05, 0.1) is 11.7 Å². The molecule has 1 saturated heterocycles. The fourth-order valence-corrected chi connectivity index (χ4v) is 4.57. The SMILES string of the molecule is Cc1cc(=O)[nH]c2ccc(C(NC(=O)c3ccccc3)OCN3CCCC3c3ccn[nH]3)cc12. The van der Waals surface area contributed by atoms with Crippen LogP contribution < -0.4 is 10.9 Å². The number of pyridine rings is 1. The van der Waals surface area contributed by atoms with Gasteiger partial charge in [-0.2, -0.15) is 5.10 Å². The number of aromatic amines is 2. The molecular weight excluding hydrogens is 430 g/mol. The van der Waals surface area contributed by atoms with E-state index in [4.69, 9.17) is 4.74 Å². The molecule has 1 aliphatic rings. The summed E-state index contributed by atoms with van der Waals surface area (Å²) >= 11 is 0. The number of nitrogens with one attached hydrogen (secondary N) is 3. The Morgan fingerprint density at radius 1 is 1.21 bits per heavy atom. The van der Waals surface area contributed by atoms with Crippen molar-refractivity contribution in [3.63, 3.8) is 0 Å². The first-order valence-electron chi connectivity index (χ1n) is 11.4. The maximum atomic E-state index is 13.0. The van der Waals surface area contributed by atoms with E-state index >= 15 is 0 Å². The van der Waals surface area contributed by atoms with Gasteiger partial charge in [-0.15, -0.1) is 0 Å². The van der Waals surface area contributed by atoms with E-state index in [1.165, 1.54) is 0 Å². The van der Waals surface area contributed by atoms with E-state index in [1.807, 2.05) is 49.4 Å². The zero-order valence-electron chi connectivity index (χ0n) is 19.0. The topological polar surface area (TPSA) is 103 Å². The van der Waals surface area contributed by atoms with E-state index in [-0.39, 0.29) is 17.5 Å². The minimum absolute atomic E-state index is 0.137. The minimum atomic E-state index is -0.661. The third kappa shape index (κ3) is 4.64. The van der Waals surface area contributed by atoms with Crippen LogP contribution in [0.1, 0.15) is 52.3 Å². The first kappa shape index (κ1) is 22.1. The molecular formula is C26H27N5O3. The van der Waals surface area contributed by atoms with Crippen LogP contribution in [-0.4, -0.2) is 39.3 Å². The molecule has 2 aromatic heterocycles. The molecule has 0 spiro atoms. The largest absolute Gasteiger partial charge is 0.339 e. The van der Waals surface area contributed by atoms with E-state index in [0.717, 1.165) is 47.1 Å². The number of carbonyl (C=O) groups excluding carboxylic acids is 1. The van der Waals surface area contributed by atoms with Crippen LogP contribution in [0.3, 0.4) is 0 Å². The van der Waals surface area contributed by atoms with Crippen LogP contribution in [0.4, 0.5) is 0 Å². The highest BCUT2D eigenvalue weighted by molar-refractivity contribution is 5.94. The Hall–Kier alpha value is -3.75. The lowest BCUT2D eigenvalue weighted by atomic mass is 10.1. The summed E-state index contributed by atoms with van der Waals surface area (Å²) in [6.45, 7) is 3.16. The van der Waals surface area contributed by atoms with Crippen molar-refractivity contribution in [2.75, 3.05) is 13.3 Å². The van der Waals surface area contributed by atoms with Crippen LogP contribution >= 0.6 is 0 Å². The first-order chi connectivity index (χ1) is 16.6. The third-order valence-corrected chi connectivity index (χ3v) is 6.33. The number of hydrogen-bond donors (Lipinski definition) is 3. The number of nitrogens with zero attached hydrogens (tertiary/aromatic N) is 2. The highest BCUT2D eigenvalue weighted by Gasteiger charge is 2.28. The second-order valence-electron chi connectivity index (χ2n) is 8.62. The van der Waals surface area contributed by atoms with E-state index in [9.17, 15) is 9.59 Å². The van der Waals surface area contributed by atoms with Crippen molar-refractivity contribution >= 4 is 16.8 Å². The number of hydrogen-bond acceptors (Lipinski definition) is 5. The highest BCUT2D eigenvalue weighted by atomic mass is 16.5. The van der Waals surface area contributed by atoms with Crippen molar-refractivity contribution in [2.24, 2.45) is 0 Å². The molecule has 5 rings (SSSR count). The predicted molar refractivity (Wildman–Crippen MR) is 129 cm³/mol. The van der Waals surface area contributed by atoms with Gasteiger partial charge in [0.25, 0.3) is 5.91 Å². The van der Waals surface area contributed by atoms with Gasteiger partial charge in [-0.1, -0.05) is 24.3 Å². The number of aryl methyl sites for hydroxylation is 1. The van der Waals surface area contributed by atoms with Gasteiger partial charge in [-0.3, -0.25) is 19.6 Å². The average Bonchev–Trinajstić information content (AvgIpc) is 3.54. The summed E-state index contributed by atoms with van der Waals surface area (Å²) in [5, 5.41) is 11.1. The van der Waals surface area contributed by atoms with E-state index in [1.54, 1.807) is 24.4 Å². The van der Waals surface area contributed by atoms with Gasteiger partial charge in [-0.05, 0) is 55.7 Å². The smallest absolute Gasteiger partial charge is 0.253 e. The quantitative estimate of drug-likeness (QED) is 0.366. The predicted octanol–water partition coefficient (Wildman–Crippen LogP) is 3.80. The zero-order valence-corrected chi connectivity index (χ0v) is 19.0. The standard InChI is InChI=1S/C26H27N5O3/c1-17-14-24(32)28-21-10-9-19(15-20(17)21)26(29-25(33)18-6-3-2-4-7-18)34-16-31-13-5-8-23(31)22-11-12-27-30-22/h2-4,6-7,9-12,14-15,23,26H,5,8,13,16H2,1H3,(H,27,30)(H,28,32)(H,29,33). The molecule has 0 radical (unpaired) electrons. The summed E-state index contributed by atoms with van der Waals surface area (Å²) in [7, 11) is 0. The van der Waals surface area contributed by atoms with Crippen molar-refractivity contribution < 1.29 is 9.53 Å². The van der Waals surface area contributed by atoms with Gasteiger partial charge < -0.3 is 15.0 Å². The monoisotopic (exact) mass is 457 g/mol. The lowest BCUT2D eigenvalue weighted by Gasteiger charge is -2.27. The summed E-state index contributed by atoms with van der Waals surface area (Å²) in [5.74, 6) is -0.213. The van der Waals surface area contributed by atoms with Crippen molar-refractivity contribution in [1.82, 2.24) is 25.4 Å². The molecule has 2 aromatic carbocycles. The maximum Gasteiger partial charge on any atom is 0.253 e. The Labute approximate surface area is 197 Å². The fourth-order valence-electron chi connectivity index (χ4n) is 4.57. The number of aromatic nitrogens is 3. The van der Waals surface area contributed by atoms with Crippen molar-refractivity contribution in [2.45, 2.75) is 32.0 Å². The Kier molecular flexibility index (Phi) is 6.24. The third-order valence-electron chi connectivity index (χ3n) is 6.33. The molecule has 0 aliphatic carbocycles. The molecule has 3 heterocycles. The van der Waals surface area contributed by atoms with Crippen LogP contribution in [0, 0.1) is 6.92 Å². The average molecular weight is 458 g/mol. The normalized spacial score (nSPS) is 17.1. The number of carbonyl (C=O) groups is 1. The number of ether oxygens (including phenoxy) is 1. The summed E-state index contributed by atoms with van der Waals surface area (Å²) in [6.07, 6.45) is 3.19. The summed E-state index contributed by atoms with van der Waals surface area (Å²) in [4.78, 5) is 29.9. The van der Waals surface area contributed by atoms with Gasteiger partial charge in [0, 0.05) is 40.8 Å². The molecule has 174 valence electrons. The summed E-state index contributed by atoms with van der Waals surface area (Å²) < 4.78 is 6.33. The molecule has 8 nitrogen and oxygen atoms in total. The number of H-pyrrole nitrogens is 2. The van der Waals surface area contributed by atoms with E-state index in [2.05, 4.69) is 25.4 Å². The number of amides is 1. The highest BCUT2D eigenvalue weighted by Crippen LogP contribution is 2.31. The lowest BCUT2D eigenvalue weighted by Crippen LogP contribution is -2.34. The Morgan fingerprint density at radius 3 is 2.85 bits per heavy atom. The van der Waals surface area contributed by atoms with Crippen LogP contribution in [0.5, 0.6) is 0 Å². The van der Waals surface area contributed by atoms with Gasteiger partial charge >= 0.3 is 0 Å². The van der Waals surface area contributed by atoms with Crippen molar-refractivity contribution in [1.29, 1.82) is 0 Å². The molecule has 1 aliphatic heterocycles. The van der Waals surface area contributed by atoms with E-state index < -0.39 is 6.23 Å². The summed E-state index contributed by atoms with van der Waals surface area (Å²) in [6, 6.07) is 18.6. The van der Waals surface area contributed by atoms with Gasteiger partial charge in [-0.25, -0.2) is 0 Å². The van der Waals surface area contributed by atoms with Gasteiger partial charge in [0.1, 0.15) is 6.73 Å². The van der Waals surface area contributed by atoms with Crippen molar-refractivity contribution in [3.8, 4) is 0 Å². The molecule has 1 amide bonds. The number of likely N-dealkylation sites (tertiary alicyclic amines) is 1. The van der Waals surface area contributed by atoms with Crippen LogP contribution in [0.2, 0.25) is 0 Å². The van der Waals surface area contributed by atoms with Crippen LogP contribution in [-0.2, 0) is 4.74 Å². The zero-order chi connectivity index (χ0) is 23.5. The molecule has 34 heavy (non-hydrogen) atoms. The lowest BCUT2D eigenvalue weighted by molar-refractivity contribution is -0.0414.